The summed E-state index contributed by atoms with van der Waals surface area (Å²) in [6.07, 6.45) is 9.20. The van der Waals surface area contributed by atoms with Crippen LogP contribution < -0.4 is 10.1 Å². The molecule has 0 radical (unpaired) electrons. The molecule has 1 aromatic heterocycles. The monoisotopic (exact) mass is 302 g/mol. The quantitative estimate of drug-likeness (QED) is 0.911. The molecule has 1 heterocycles. The molecule has 0 saturated heterocycles. The van der Waals surface area contributed by atoms with Crippen LogP contribution in [0.2, 0.25) is 0 Å². The largest absolute Gasteiger partial charge is 0.497 e. The summed E-state index contributed by atoms with van der Waals surface area (Å²) in [6.45, 7) is 0. The van der Waals surface area contributed by atoms with Crippen molar-refractivity contribution in [2.45, 2.75) is 37.0 Å². The highest BCUT2D eigenvalue weighted by molar-refractivity contribution is 7.99. The molecule has 0 spiro atoms. The Morgan fingerprint density at radius 1 is 1.29 bits per heavy atom. The molecule has 1 N–H and O–H groups in total. The standard InChI is InChI=1S/C17H22N2OS/c1-20-14-7-6-12-8-9-18-17(16(12)11-14)19-13-4-3-5-15(10-13)21-2/h6-9,11,13,15H,3-5,10H2,1-2H3,(H,18,19). The lowest BCUT2D eigenvalue weighted by Gasteiger charge is -2.29. The van der Waals surface area contributed by atoms with Gasteiger partial charge in [0.25, 0.3) is 0 Å². The van der Waals surface area contributed by atoms with Crippen LogP contribution in [0.1, 0.15) is 25.7 Å². The Kier molecular flexibility index (Phi) is 4.54. The molecular weight excluding hydrogens is 280 g/mol. The predicted octanol–water partition coefficient (Wildman–Crippen LogP) is 4.33. The number of nitrogens with zero attached hydrogens (tertiary/aromatic N) is 1. The van der Waals surface area contributed by atoms with Gasteiger partial charge in [0.2, 0.25) is 0 Å². The maximum atomic E-state index is 5.34. The summed E-state index contributed by atoms with van der Waals surface area (Å²) in [6, 6.07) is 8.73. The fraction of sp³-hybridized carbons (Fsp3) is 0.471. The molecule has 21 heavy (non-hydrogen) atoms. The molecule has 1 fully saturated rings. The number of aromatic nitrogens is 1. The first-order chi connectivity index (χ1) is 10.3. The molecule has 2 unspecified atom stereocenters. The van der Waals surface area contributed by atoms with Crippen LogP contribution in [0.4, 0.5) is 5.82 Å². The van der Waals surface area contributed by atoms with E-state index in [1.807, 2.05) is 30.1 Å². The van der Waals surface area contributed by atoms with E-state index in [0.29, 0.717) is 6.04 Å². The van der Waals surface area contributed by atoms with Gasteiger partial charge in [0.05, 0.1) is 7.11 Å². The molecule has 1 aliphatic carbocycles. The van der Waals surface area contributed by atoms with E-state index in [-0.39, 0.29) is 0 Å². The van der Waals surface area contributed by atoms with Gasteiger partial charge >= 0.3 is 0 Å². The highest BCUT2D eigenvalue weighted by atomic mass is 32.2. The number of nitrogens with one attached hydrogen (secondary N) is 1. The van der Waals surface area contributed by atoms with E-state index in [4.69, 9.17) is 4.74 Å². The lowest BCUT2D eigenvalue weighted by Crippen LogP contribution is -2.28. The van der Waals surface area contributed by atoms with Gasteiger partial charge in [-0.1, -0.05) is 12.5 Å². The number of pyridine rings is 1. The number of methoxy groups -OCH3 is 1. The third kappa shape index (κ3) is 3.26. The van der Waals surface area contributed by atoms with Crippen molar-refractivity contribution < 1.29 is 4.74 Å². The minimum atomic E-state index is 0.528. The minimum Gasteiger partial charge on any atom is -0.497 e. The Labute approximate surface area is 130 Å². The third-order valence-corrected chi connectivity index (χ3v) is 5.37. The first-order valence-corrected chi connectivity index (χ1v) is 8.81. The smallest absolute Gasteiger partial charge is 0.134 e. The fourth-order valence-corrected chi connectivity index (χ4v) is 3.90. The highest BCUT2D eigenvalue weighted by Gasteiger charge is 2.21. The first kappa shape index (κ1) is 14.5. The number of benzene rings is 1. The Hall–Kier alpha value is -1.42. The zero-order valence-corrected chi connectivity index (χ0v) is 13.5. The number of fused-ring (bicyclic) bond motifs is 1. The average Bonchev–Trinajstić information content (AvgIpc) is 2.55. The lowest BCUT2D eigenvalue weighted by atomic mass is 9.95. The highest BCUT2D eigenvalue weighted by Crippen LogP contribution is 2.31. The number of anilines is 1. The normalized spacial score (nSPS) is 22.2. The summed E-state index contributed by atoms with van der Waals surface area (Å²) >= 11 is 1.99. The Morgan fingerprint density at radius 3 is 3.00 bits per heavy atom. The van der Waals surface area contributed by atoms with Crippen molar-refractivity contribution in [3.05, 3.63) is 30.5 Å². The maximum absolute atomic E-state index is 5.34. The number of hydrogen-bond donors (Lipinski definition) is 1. The van der Waals surface area contributed by atoms with Crippen molar-refractivity contribution in [3.63, 3.8) is 0 Å². The van der Waals surface area contributed by atoms with Crippen LogP contribution in [0.15, 0.2) is 30.5 Å². The van der Waals surface area contributed by atoms with E-state index in [9.17, 15) is 0 Å². The predicted molar refractivity (Wildman–Crippen MR) is 91.5 cm³/mol. The van der Waals surface area contributed by atoms with Crippen LogP contribution in [0.3, 0.4) is 0 Å². The minimum absolute atomic E-state index is 0.528. The van der Waals surface area contributed by atoms with Crippen molar-refractivity contribution in [1.29, 1.82) is 0 Å². The van der Waals surface area contributed by atoms with Crippen molar-refractivity contribution in [3.8, 4) is 5.75 Å². The fourth-order valence-electron chi connectivity index (χ4n) is 3.07. The molecule has 0 bridgehead atoms. The molecular formula is C17H22N2OS. The van der Waals surface area contributed by atoms with Gasteiger partial charge in [-0.05, 0) is 49.1 Å². The van der Waals surface area contributed by atoms with Crippen LogP contribution in [0.5, 0.6) is 5.75 Å². The lowest BCUT2D eigenvalue weighted by molar-refractivity contribution is 0.415. The zero-order valence-electron chi connectivity index (χ0n) is 12.6. The van der Waals surface area contributed by atoms with Gasteiger partial charge in [-0.15, -0.1) is 0 Å². The van der Waals surface area contributed by atoms with Crippen LogP contribution in [-0.4, -0.2) is 29.6 Å². The van der Waals surface area contributed by atoms with Crippen molar-refractivity contribution in [2.24, 2.45) is 0 Å². The first-order valence-electron chi connectivity index (χ1n) is 7.52. The van der Waals surface area contributed by atoms with Crippen LogP contribution >= 0.6 is 11.8 Å². The van der Waals surface area contributed by atoms with Gasteiger partial charge in [0.15, 0.2) is 0 Å². The van der Waals surface area contributed by atoms with Gasteiger partial charge in [0, 0.05) is 22.9 Å². The number of rotatable bonds is 4. The Morgan fingerprint density at radius 2 is 2.19 bits per heavy atom. The van der Waals surface area contributed by atoms with E-state index >= 15 is 0 Å². The molecule has 2 atom stereocenters. The van der Waals surface area contributed by atoms with E-state index in [2.05, 4.69) is 28.7 Å². The second-order valence-corrected chi connectivity index (χ2v) is 6.75. The molecule has 4 heteroatoms. The Balaban J connectivity index is 1.86. The number of ether oxygens (including phenoxy) is 1. The summed E-state index contributed by atoms with van der Waals surface area (Å²) in [5.74, 6) is 1.86. The van der Waals surface area contributed by atoms with Crippen LogP contribution in [0, 0.1) is 0 Å². The van der Waals surface area contributed by atoms with Crippen molar-refractivity contribution in [1.82, 2.24) is 4.98 Å². The summed E-state index contributed by atoms with van der Waals surface area (Å²) < 4.78 is 5.34. The number of thioether (sulfide) groups is 1. The zero-order chi connectivity index (χ0) is 14.7. The van der Waals surface area contributed by atoms with E-state index in [1.54, 1.807) is 7.11 Å². The van der Waals surface area contributed by atoms with E-state index in [1.165, 1.54) is 31.1 Å². The molecule has 0 amide bonds. The average molecular weight is 302 g/mol. The van der Waals surface area contributed by atoms with Gasteiger partial charge < -0.3 is 10.1 Å². The SMILES string of the molecule is COc1ccc2ccnc(NC3CCCC(SC)C3)c2c1. The van der Waals surface area contributed by atoms with Crippen molar-refractivity contribution >= 4 is 28.4 Å². The van der Waals surface area contributed by atoms with Gasteiger partial charge in [-0.3, -0.25) is 0 Å². The topological polar surface area (TPSA) is 34.1 Å². The molecule has 1 saturated carbocycles. The summed E-state index contributed by atoms with van der Waals surface area (Å²) in [5.41, 5.74) is 0. The molecule has 3 rings (SSSR count). The van der Waals surface area contributed by atoms with Crippen LogP contribution in [-0.2, 0) is 0 Å². The van der Waals surface area contributed by atoms with E-state index < -0.39 is 0 Å². The van der Waals surface area contributed by atoms with Gasteiger partial charge in [-0.25, -0.2) is 4.98 Å². The molecule has 1 aliphatic rings. The second kappa shape index (κ2) is 6.56. The van der Waals surface area contributed by atoms with Gasteiger partial charge in [0.1, 0.15) is 11.6 Å². The second-order valence-electron chi connectivity index (χ2n) is 5.61. The number of hydrogen-bond acceptors (Lipinski definition) is 4. The van der Waals surface area contributed by atoms with E-state index in [0.717, 1.165) is 22.2 Å². The summed E-state index contributed by atoms with van der Waals surface area (Å²) in [5, 5.41) is 6.78. The molecule has 0 aliphatic heterocycles. The molecule has 1 aromatic carbocycles. The molecule has 112 valence electrons. The molecule has 2 aromatic rings. The Bertz CT molecular complexity index is 617. The summed E-state index contributed by atoms with van der Waals surface area (Å²) in [4.78, 5) is 4.55. The van der Waals surface area contributed by atoms with Crippen molar-refractivity contribution in [2.75, 3.05) is 18.7 Å². The maximum Gasteiger partial charge on any atom is 0.134 e. The summed E-state index contributed by atoms with van der Waals surface area (Å²) in [7, 11) is 1.70. The molecule has 3 nitrogen and oxygen atoms in total. The van der Waals surface area contributed by atoms with Gasteiger partial charge in [-0.2, -0.15) is 11.8 Å². The van der Waals surface area contributed by atoms with Crippen LogP contribution in [0.25, 0.3) is 10.8 Å². The third-order valence-electron chi connectivity index (χ3n) is 4.27.